The predicted octanol–water partition coefficient (Wildman–Crippen LogP) is 9.13. The van der Waals surface area contributed by atoms with Crippen LogP contribution in [0.4, 0.5) is 0 Å². The molecule has 0 aromatic heterocycles. The van der Waals surface area contributed by atoms with Crippen LogP contribution in [-0.4, -0.2) is 26.4 Å². The maximum atomic E-state index is 5.77. The van der Waals surface area contributed by atoms with Gasteiger partial charge in [-0.2, -0.15) is 0 Å². The standard InChI is InChI=1S/C28H54O3/c1-5-9-19-27(7-3)25-30-23-17-13-11-15-21-29-22-16-12-14-18-24-31-26-28(8-4)20-10-6-2/h25-26H,5-24H2,1-4H3/b27-25-,28-26+. The molecule has 0 radical (unpaired) electrons. The highest BCUT2D eigenvalue weighted by atomic mass is 16.5. The van der Waals surface area contributed by atoms with Crippen LogP contribution < -0.4 is 0 Å². The molecule has 31 heavy (non-hydrogen) atoms. The third-order valence-corrected chi connectivity index (χ3v) is 5.71. The predicted molar refractivity (Wildman–Crippen MR) is 135 cm³/mol. The maximum absolute atomic E-state index is 5.77. The molecule has 0 fully saturated rings. The van der Waals surface area contributed by atoms with Gasteiger partial charge in [0, 0.05) is 13.2 Å². The Morgan fingerprint density at radius 3 is 1.23 bits per heavy atom. The summed E-state index contributed by atoms with van der Waals surface area (Å²) in [6.07, 6.45) is 23.3. The lowest BCUT2D eigenvalue weighted by Gasteiger charge is -2.07. The van der Waals surface area contributed by atoms with Crippen molar-refractivity contribution in [2.75, 3.05) is 26.4 Å². The van der Waals surface area contributed by atoms with E-state index in [4.69, 9.17) is 14.2 Å². The Labute approximate surface area is 195 Å². The molecule has 0 atom stereocenters. The highest BCUT2D eigenvalue weighted by molar-refractivity contribution is 4.97. The van der Waals surface area contributed by atoms with Gasteiger partial charge >= 0.3 is 0 Å². The molecule has 0 amide bonds. The van der Waals surface area contributed by atoms with Gasteiger partial charge in [-0.15, -0.1) is 0 Å². The molecule has 0 saturated carbocycles. The summed E-state index contributed by atoms with van der Waals surface area (Å²) in [6.45, 7) is 12.4. The molecule has 0 rings (SSSR count). The third-order valence-electron chi connectivity index (χ3n) is 5.71. The fraction of sp³-hybridized carbons (Fsp3) is 0.857. The van der Waals surface area contributed by atoms with Crippen LogP contribution in [0.15, 0.2) is 23.7 Å². The van der Waals surface area contributed by atoms with Gasteiger partial charge in [0.15, 0.2) is 0 Å². The zero-order valence-corrected chi connectivity index (χ0v) is 21.5. The van der Waals surface area contributed by atoms with Gasteiger partial charge in [-0.3, -0.25) is 0 Å². The average molecular weight is 439 g/mol. The van der Waals surface area contributed by atoms with Gasteiger partial charge in [0.1, 0.15) is 0 Å². The second-order valence-electron chi connectivity index (χ2n) is 8.65. The summed E-state index contributed by atoms with van der Waals surface area (Å²) in [7, 11) is 0. The van der Waals surface area contributed by atoms with Crippen molar-refractivity contribution in [1.29, 1.82) is 0 Å². The van der Waals surface area contributed by atoms with Crippen LogP contribution >= 0.6 is 0 Å². The fourth-order valence-corrected chi connectivity index (χ4v) is 3.39. The van der Waals surface area contributed by atoms with E-state index < -0.39 is 0 Å². The molecule has 0 aliphatic carbocycles. The minimum Gasteiger partial charge on any atom is -0.501 e. The van der Waals surface area contributed by atoms with E-state index in [-0.39, 0.29) is 0 Å². The Balaban J connectivity index is 3.33. The van der Waals surface area contributed by atoms with Gasteiger partial charge in [-0.05, 0) is 88.2 Å². The summed E-state index contributed by atoms with van der Waals surface area (Å²) < 4.78 is 17.2. The molecule has 0 saturated heterocycles. The Kier molecular flexibility index (Phi) is 24.5. The lowest BCUT2D eigenvalue weighted by atomic mass is 10.1. The van der Waals surface area contributed by atoms with Crippen LogP contribution in [0.25, 0.3) is 0 Å². The molecular formula is C28H54O3. The number of ether oxygens (including phenoxy) is 3. The number of hydrogen-bond donors (Lipinski definition) is 0. The molecule has 0 aliphatic rings. The molecule has 0 aromatic carbocycles. The summed E-state index contributed by atoms with van der Waals surface area (Å²) in [4.78, 5) is 0. The normalized spacial score (nSPS) is 12.4. The summed E-state index contributed by atoms with van der Waals surface area (Å²) in [5, 5.41) is 0. The zero-order valence-electron chi connectivity index (χ0n) is 21.5. The Morgan fingerprint density at radius 2 is 0.871 bits per heavy atom. The zero-order chi connectivity index (χ0) is 22.8. The van der Waals surface area contributed by atoms with E-state index in [0.717, 1.165) is 52.1 Å². The molecule has 0 aromatic rings. The lowest BCUT2D eigenvalue weighted by molar-refractivity contribution is 0.124. The summed E-state index contributed by atoms with van der Waals surface area (Å²) >= 11 is 0. The van der Waals surface area contributed by atoms with Crippen molar-refractivity contribution >= 4 is 0 Å². The molecular weight excluding hydrogens is 384 g/mol. The second kappa shape index (κ2) is 25.3. The first-order valence-corrected chi connectivity index (χ1v) is 13.4. The van der Waals surface area contributed by atoms with Crippen molar-refractivity contribution in [2.45, 2.75) is 130 Å². The number of unbranched alkanes of at least 4 members (excludes halogenated alkanes) is 8. The Morgan fingerprint density at radius 1 is 0.484 bits per heavy atom. The van der Waals surface area contributed by atoms with Crippen LogP contribution in [0.1, 0.15) is 130 Å². The molecule has 3 heteroatoms. The van der Waals surface area contributed by atoms with E-state index in [1.807, 2.05) is 12.5 Å². The van der Waals surface area contributed by atoms with Crippen molar-refractivity contribution < 1.29 is 14.2 Å². The highest BCUT2D eigenvalue weighted by Gasteiger charge is 1.97. The van der Waals surface area contributed by atoms with Crippen LogP contribution in [0.2, 0.25) is 0 Å². The van der Waals surface area contributed by atoms with Gasteiger partial charge in [0.05, 0.1) is 25.7 Å². The summed E-state index contributed by atoms with van der Waals surface area (Å²) in [5.74, 6) is 0. The summed E-state index contributed by atoms with van der Waals surface area (Å²) in [6, 6.07) is 0. The first-order valence-electron chi connectivity index (χ1n) is 13.4. The molecule has 0 aliphatic heterocycles. The molecule has 0 spiro atoms. The smallest absolute Gasteiger partial charge is 0.0873 e. The number of allylic oxidation sites excluding steroid dienone is 2. The maximum Gasteiger partial charge on any atom is 0.0873 e. The minimum absolute atomic E-state index is 0.856. The summed E-state index contributed by atoms with van der Waals surface area (Å²) in [5.41, 5.74) is 2.90. The monoisotopic (exact) mass is 438 g/mol. The Hall–Kier alpha value is -0.960. The van der Waals surface area contributed by atoms with Crippen molar-refractivity contribution in [3.8, 4) is 0 Å². The van der Waals surface area contributed by atoms with Crippen molar-refractivity contribution in [3.63, 3.8) is 0 Å². The van der Waals surface area contributed by atoms with Gasteiger partial charge in [-0.1, -0.05) is 53.4 Å². The topological polar surface area (TPSA) is 27.7 Å². The SMILES string of the molecule is CCCC/C(=C\OCCCCCCOCCCCCCO/C=C(\CC)CCCC)CC. The molecule has 0 bridgehead atoms. The van der Waals surface area contributed by atoms with Gasteiger partial charge in [-0.25, -0.2) is 0 Å². The first-order chi connectivity index (χ1) is 15.3. The third kappa shape index (κ3) is 22.0. The first kappa shape index (κ1) is 30.0. The van der Waals surface area contributed by atoms with E-state index in [1.54, 1.807) is 0 Å². The van der Waals surface area contributed by atoms with Gasteiger partial charge in [0.2, 0.25) is 0 Å². The van der Waals surface area contributed by atoms with Gasteiger partial charge in [0.25, 0.3) is 0 Å². The molecule has 3 nitrogen and oxygen atoms in total. The van der Waals surface area contributed by atoms with E-state index in [1.165, 1.54) is 88.2 Å². The van der Waals surface area contributed by atoms with E-state index in [0.29, 0.717) is 0 Å². The van der Waals surface area contributed by atoms with E-state index >= 15 is 0 Å². The van der Waals surface area contributed by atoms with Crippen LogP contribution in [0.3, 0.4) is 0 Å². The number of hydrogen-bond acceptors (Lipinski definition) is 3. The van der Waals surface area contributed by atoms with E-state index in [2.05, 4.69) is 27.7 Å². The molecule has 184 valence electrons. The van der Waals surface area contributed by atoms with Crippen molar-refractivity contribution in [3.05, 3.63) is 23.7 Å². The average Bonchev–Trinajstić information content (AvgIpc) is 2.79. The van der Waals surface area contributed by atoms with Crippen molar-refractivity contribution in [1.82, 2.24) is 0 Å². The van der Waals surface area contributed by atoms with Crippen LogP contribution in [0, 0.1) is 0 Å². The lowest BCUT2D eigenvalue weighted by Crippen LogP contribution is -1.98. The molecule has 0 heterocycles. The molecule has 0 N–H and O–H groups in total. The van der Waals surface area contributed by atoms with E-state index in [9.17, 15) is 0 Å². The van der Waals surface area contributed by atoms with Crippen molar-refractivity contribution in [2.24, 2.45) is 0 Å². The van der Waals surface area contributed by atoms with Gasteiger partial charge < -0.3 is 14.2 Å². The quantitative estimate of drug-likeness (QED) is 0.111. The van der Waals surface area contributed by atoms with Crippen LogP contribution in [-0.2, 0) is 14.2 Å². The number of rotatable bonds is 24. The fourth-order valence-electron chi connectivity index (χ4n) is 3.39. The minimum atomic E-state index is 0.856. The second-order valence-corrected chi connectivity index (χ2v) is 8.65. The highest BCUT2D eigenvalue weighted by Crippen LogP contribution is 2.12. The molecule has 0 unspecified atom stereocenters. The largest absolute Gasteiger partial charge is 0.501 e. The Bertz CT molecular complexity index is 376. The van der Waals surface area contributed by atoms with Crippen LogP contribution in [0.5, 0.6) is 0 Å².